The van der Waals surface area contributed by atoms with Gasteiger partial charge >= 0.3 is 0 Å². The van der Waals surface area contributed by atoms with E-state index in [-0.39, 0.29) is 17.6 Å². The van der Waals surface area contributed by atoms with Crippen LogP contribution in [0.5, 0.6) is 0 Å². The van der Waals surface area contributed by atoms with Crippen molar-refractivity contribution in [3.8, 4) is 0 Å². The molecule has 0 saturated heterocycles. The molecule has 0 saturated carbocycles. The monoisotopic (exact) mass is 349 g/mol. The minimum Gasteiger partial charge on any atom is -0.348 e. The molecule has 0 aliphatic carbocycles. The largest absolute Gasteiger partial charge is 0.348 e. The summed E-state index contributed by atoms with van der Waals surface area (Å²) in [6, 6.07) is 15.5. The second-order valence-electron chi connectivity index (χ2n) is 5.58. The number of halogens is 1. The van der Waals surface area contributed by atoms with E-state index in [1.165, 1.54) is 30.3 Å². The third kappa shape index (κ3) is 4.51. The van der Waals surface area contributed by atoms with Gasteiger partial charge in [-0.1, -0.05) is 6.07 Å². The Hall–Kier alpha value is -3.54. The minimum absolute atomic E-state index is 0.279. The van der Waals surface area contributed by atoms with E-state index in [1.807, 2.05) is 12.1 Å². The minimum atomic E-state index is -0.379. The van der Waals surface area contributed by atoms with E-state index in [2.05, 4.69) is 15.6 Å². The molecule has 1 heterocycles. The molecular formula is C20H16FN3O2. The van der Waals surface area contributed by atoms with Gasteiger partial charge in [-0.2, -0.15) is 0 Å². The van der Waals surface area contributed by atoms with Gasteiger partial charge in [-0.15, -0.1) is 0 Å². The third-order valence-corrected chi connectivity index (χ3v) is 3.69. The van der Waals surface area contributed by atoms with E-state index in [9.17, 15) is 14.0 Å². The highest BCUT2D eigenvalue weighted by Crippen LogP contribution is 2.12. The summed E-state index contributed by atoms with van der Waals surface area (Å²) in [5.41, 5.74) is 2.12. The molecule has 0 aliphatic rings. The van der Waals surface area contributed by atoms with E-state index in [0.717, 1.165) is 5.56 Å². The number of pyridine rings is 1. The zero-order valence-electron chi connectivity index (χ0n) is 13.8. The van der Waals surface area contributed by atoms with Crippen molar-refractivity contribution < 1.29 is 14.0 Å². The Labute approximate surface area is 149 Å². The van der Waals surface area contributed by atoms with Gasteiger partial charge in [0.25, 0.3) is 11.8 Å². The molecule has 0 fully saturated rings. The molecule has 2 N–H and O–H groups in total. The lowest BCUT2D eigenvalue weighted by Crippen LogP contribution is -2.23. The van der Waals surface area contributed by atoms with Crippen LogP contribution in [0.25, 0.3) is 0 Å². The normalized spacial score (nSPS) is 10.2. The lowest BCUT2D eigenvalue weighted by Gasteiger charge is -2.08. The summed E-state index contributed by atoms with van der Waals surface area (Å²) in [5, 5.41) is 5.46. The smallest absolute Gasteiger partial charge is 0.255 e. The number of hydrogen-bond donors (Lipinski definition) is 2. The summed E-state index contributed by atoms with van der Waals surface area (Å²) < 4.78 is 12.9. The second-order valence-corrected chi connectivity index (χ2v) is 5.58. The van der Waals surface area contributed by atoms with Gasteiger partial charge in [0, 0.05) is 35.8 Å². The van der Waals surface area contributed by atoms with Crippen LogP contribution in [-0.4, -0.2) is 16.8 Å². The molecule has 0 atom stereocenters. The first kappa shape index (κ1) is 17.3. The number of anilines is 1. The van der Waals surface area contributed by atoms with Crippen LogP contribution in [0.1, 0.15) is 26.3 Å². The van der Waals surface area contributed by atoms with Crippen molar-refractivity contribution in [3.05, 3.63) is 95.6 Å². The maximum absolute atomic E-state index is 12.9. The van der Waals surface area contributed by atoms with Gasteiger partial charge in [0.2, 0.25) is 0 Å². The van der Waals surface area contributed by atoms with Crippen LogP contribution in [0, 0.1) is 5.82 Å². The van der Waals surface area contributed by atoms with E-state index >= 15 is 0 Å². The molecular weight excluding hydrogens is 333 g/mol. The number of hydrogen-bond acceptors (Lipinski definition) is 3. The van der Waals surface area contributed by atoms with Gasteiger partial charge in [-0.05, 0) is 60.2 Å². The molecule has 6 heteroatoms. The van der Waals surface area contributed by atoms with E-state index < -0.39 is 0 Å². The summed E-state index contributed by atoms with van der Waals surface area (Å²) in [7, 11) is 0. The van der Waals surface area contributed by atoms with Crippen LogP contribution in [0.2, 0.25) is 0 Å². The van der Waals surface area contributed by atoms with Gasteiger partial charge < -0.3 is 10.6 Å². The maximum atomic E-state index is 12.9. The Morgan fingerprint density at radius 3 is 2.23 bits per heavy atom. The predicted molar refractivity (Wildman–Crippen MR) is 96.2 cm³/mol. The summed E-state index contributed by atoms with van der Waals surface area (Å²) in [4.78, 5) is 28.5. The fourth-order valence-corrected chi connectivity index (χ4v) is 2.32. The number of carbonyl (C=O) groups is 2. The molecule has 0 aliphatic heterocycles. The third-order valence-electron chi connectivity index (χ3n) is 3.69. The quantitative estimate of drug-likeness (QED) is 0.742. The van der Waals surface area contributed by atoms with Crippen molar-refractivity contribution in [1.29, 1.82) is 0 Å². The fourth-order valence-electron chi connectivity index (χ4n) is 2.32. The highest BCUT2D eigenvalue weighted by molar-refractivity contribution is 6.06. The molecule has 5 nitrogen and oxygen atoms in total. The van der Waals surface area contributed by atoms with E-state index in [0.29, 0.717) is 23.4 Å². The zero-order valence-corrected chi connectivity index (χ0v) is 13.8. The number of carbonyl (C=O) groups excluding carboxylic acids is 2. The summed E-state index contributed by atoms with van der Waals surface area (Å²) in [6.45, 7) is 0.368. The van der Waals surface area contributed by atoms with Crippen molar-refractivity contribution in [3.63, 3.8) is 0 Å². The van der Waals surface area contributed by atoms with Crippen molar-refractivity contribution in [2.45, 2.75) is 6.54 Å². The summed E-state index contributed by atoms with van der Waals surface area (Å²) >= 11 is 0. The summed E-state index contributed by atoms with van der Waals surface area (Å²) in [5.74, 6) is -1.03. The fraction of sp³-hybridized carbons (Fsp3) is 0.0500. The number of amides is 2. The van der Waals surface area contributed by atoms with Crippen LogP contribution in [0.4, 0.5) is 10.1 Å². The molecule has 130 valence electrons. The van der Waals surface area contributed by atoms with Crippen LogP contribution in [-0.2, 0) is 6.54 Å². The van der Waals surface area contributed by atoms with Crippen molar-refractivity contribution >= 4 is 17.5 Å². The molecule has 2 aromatic carbocycles. The van der Waals surface area contributed by atoms with Crippen LogP contribution >= 0.6 is 0 Å². The Morgan fingerprint density at radius 2 is 1.54 bits per heavy atom. The first-order chi connectivity index (χ1) is 12.6. The first-order valence-electron chi connectivity index (χ1n) is 7.96. The van der Waals surface area contributed by atoms with Crippen LogP contribution in [0.15, 0.2) is 73.1 Å². The summed E-state index contributed by atoms with van der Waals surface area (Å²) in [6.07, 6.45) is 3.31. The number of nitrogens with zero attached hydrogens (tertiary/aromatic N) is 1. The Bertz CT molecular complexity index is 912. The first-order valence-corrected chi connectivity index (χ1v) is 7.96. The van der Waals surface area contributed by atoms with Gasteiger partial charge in [0.05, 0.1) is 0 Å². The molecule has 0 unspecified atom stereocenters. The molecule has 3 rings (SSSR count). The van der Waals surface area contributed by atoms with Gasteiger partial charge in [0.15, 0.2) is 0 Å². The van der Waals surface area contributed by atoms with Crippen molar-refractivity contribution in [2.75, 3.05) is 5.32 Å². The highest BCUT2D eigenvalue weighted by atomic mass is 19.1. The SMILES string of the molecule is O=C(NCc1ccncc1)c1cccc(C(=O)Nc2ccc(F)cc2)c1. The number of benzene rings is 2. The average Bonchev–Trinajstić information content (AvgIpc) is 2.69. The van der Waals surface area contributed by atoms with Gasteiger partial charge in [-0.3, -0.25) is 14.6 Å². The number of aromatic nitrogens is 1. The highest BCUT2D eigenvalue weighted by Gasteiger charge is 2.11. The van der Waals surface area contributed by atoms with Gasteiger partial charge in [0.1, 0.15) is 5.82 Å². The Balaban J connectivity index is 1.66. The van der Waals surface area contributed by atoms with Crippen LogP contribution in [0.3, 0.4) is 0 Å². The molecule has 3 aromatic rings. The molecule has 2 amide bonds. The predicted octanol–water partition coefficient (Wildman–Crippen LogP) is 3.40. The molecule has 0 bridgehead atoms. The standard InChI is InChI=1S/C20H16FN3O2/c21-17-4-6-18(7-5-17)24-20(26)16-3-1-2-15(12-16)19(25)23-13-14-8-10-22-11-9-14/h1-12H,13H2,(H,23,25)(H,24,26). The molecule has 0 radical (unpaired) electrons. The zero-order chi connectivity index (χ0) is 18.4. The molecule has 0 spiro atoms. The lowest BCUT2D eigenvalue weighted by molar-refractivity contribution is 0.0951. The maximum Gasteiger partial charge on any atom is 0.255 e. The Morgan fingerprint density at radius 1 is 0.885 bits per heavy atom. The molecule has 26 heavy (non-hydrogen) atoms. The van der Waals surface area contributed by atoms with E-state index in [1.54, 1.807) is 30.6 Å². The molecule has 1 aromatic heterocycles. The van der Waals surface area contributed by atoms with E-state index in [4.69, 9.17) is 0 Å². The lowest BCUT2D eigenvalue weighted by atomic mass is 10.1. The van der Waals surface area contributed by atoms with Crippen LogP contribution < -0.4 is 10.6 Å². The van der Waals surface area contributed by atoms with Crippen molar-refractivity contribution in [2.24, 2.45) is 0 Å². The number of rotatable bonds is 5. The topological polar surface area (TPSA) is 71.1 Å². The van der Waals surface area contributed by atoms with Gasteiger partial charge in [-0.25, -0.2) is 4.39 Å². The number of nitrogens with one attached hydrogen (secondary N) is 2. The van der Waals surface area contributed by atoms with Crippen molar-refractivity contribution in [1.82, 2.24) is 10.3 Å². The Kier molecular flexibility index (Phi) is 5.34. The average molecular weight is 349 g/mol. The second kappa shape index (κ2) is 8.02.